The van der Waals surface area contributed by atoms with Crippen molar-refractivity contribution in [1.29, 1.82) is 0 Å². The molecule has 2 aromatic rings. The second-order valence-electron chi connectivity index (χ2n) is 6.20. The minimum atomic E-state index is 0.0973. The quantitative estimate of drug-likeness (QED) is 0.862. The van der Waals surface area contributed by atoms with Crippen LogP contribution in [0.3, 0.4) is 0 Å². The molecule has 22 heavy (non-hydrogen) atoms. The molecule has 1 amide bonds. The maximum atomic E-state index is 12.7. The van der Waals surface area contributed by atoms with Crippen LogP contribution in [0.25, 0.3) is 11.0 Å². The molecule has 1 aliphatic rings. The van der Waals surface area contributed by atoms with Gasteiger partial charge in [-0.1, -0.05) is 26.0 Å². The first-order valence-corrected chi connectivity index (χ1v) is 8.43. The second-order valence-corrected chi connectivity index (χ2v) is 6.20. The monoisotopic (exact) mass is 299 g/mol. The van der Waals surface area contributed by atoms with Gasteiger partial charge in [-0.05, 0) is 38.3 Å². The van der Waals surface area contributed by atoms with Crippen molar-refractivity contribution in [3.8, 4) is 0 Å². The standard InChI is InChI=1S/C18H25N3O/c1-4-13(3)18(22)21-12-8-11-16(21)17-19-14-9-6-7-10-15(14)20(17)5-2/h6-7,9-10,13,16H,4-5,8,11-12H2,1-3H3. The number of hydrogen-bond donors (Lipinski definition) is 0. The summed E-state index contributed by atoms with van der Waals surface area (Å²) in [4.78, 5) is 19.6. The Balaban J connectivity index is 2.00. The second kappa shape index (κ2) is 6.11. The van der Waals surface area contributed by atoms with Gasteiger partial charge in [0.25, 0.3) is 0 Å². The van der Waals surface area contributed by atoms with E-state index in [4.69, 9.17) is 4.98 Å². The minimum Gasteiger partial charge on any atom is -0.332 e. The Morgan fingerprint density at radius 2 is 2.14 bits per heavy atom. The van der Waals surface area contributed by atoms with E-state index < -0.39 is 0 Å². The average Bonchev–Trinajstić information content (AvgIpc) is 3.16. The highest BCUT2D eigenvalue weighted by Gasteiger charge is 2.34. The van der Waals surface area contributed by atoms with Gasteiger partial charge in [-0.25, -0.2) is 4.98 Å². The van der Waals surface area contributed by atoms with Crippen molar-refractivity contribution in [2.45, 2.75) is 52.6 Å². The fourth-order valence-electron chi connectivity index (χ4n) is 3.44. The zero-order chi connectivity index (χ0) is 15.7. The Kier molecular flexibility index (Phi) is 4.19. The molecule has 1 aromatic heterocycles. The fraction of sp³-hybridized carbons (Fsp3) is 0.556. The van der Waals surface area contributed by atoms with Crippen LogP contribution in [-0.2, 0) is 11.3 Å². The van der Waals surface area contributed by atoms with E-state index in [-0.39, 0.29) is 17.9 Å². The van der Waals surface area contributed by atoms with Gasteiger partial charge in [0.2, 0.25) is 5.91 Å². The lowest BCUT2D eigenvalue weighted by molar-refractivity contribution is -0.136. The van der Waals surface area contributed by atoms with Crippen molar-refractivity contribution in [3.63, 3.8) is 0 Å². The summed E-state index contributed by atoms with van der Waals surface area (Å²) in [7, 11) is 0. The molecule has 0 N–H and O–H groups in total. The van der Waals surface area contributed by atoms with E-state index in [1.807, 2.05) is 13.0 Å². The molecule has 4 heteroatoms. The van der Waals surface area contributed by atoms with Gasteiger partial charge in [-0.2, -0.15) is 0 Å². The molecule has 0 spiro atoms. The average molecular weight is 299 g/mol. The van der Waals surface area contributed by atoms with Crippen LogP contribution in [0.4, 0.5) is 0 Å². The zero-order valence-electron chi connectivity index (χ0n) is 13.7. The van der Waals surface area contributed by atoms with Crippen LogP contribution in [0.5, 0.6) is 0 Å². The van der Waals surface area contributed by atoms with Crippen molar-refractivity contribution in [1.82, 2.24) is 14.5 Å². The summed E-state index contributed by atoms with van der Waals surface area (Å²) in [5.74, 6) is 1.43. The highest BCUT2D eigenvalue weighted by atomic mass is 16.2. The molecular weight excluding hydrogens is 274 g/mol. The minimum absolute atomic E-state index is 0.0973. The molecule has 0 radical (unpaired) electrons. The fourth-order valence-corrected chi connectivity index (χ4v) is 3.44. The molecule has 118 valence electrons. The van der Waals surface area contributed by atoms with Crippen LogP contribution in [0.2, 0.25) is 0 Å². The smallest absolute Gasteiger partial charge is 0.226 e. The summed E-state index contributed by atoms with van der Waals surface area (Å²) >= 11 is 0. The van der Waals surface area contributed by atoms with Crippen LogP contribution in [-0.4, -0.2) is 26.9 Å². The topological polar surface area (TPSA) is 38.1 Å². The van der Waals surface area contributed by atoms with Crippen molar-refractivity contribution in [2.75, 3.05) is 6.54 Å². The highest BCUT2D eigenvalue weighted by molar-refractivity contribution is 5.80. The van der Waals surface area contributed by atoms with Crippen molar-refractivity contribution < 1.29 is 4.79 Å². The van der Waals surface area contributed by atoms with E-state index in [9.17, 15) is 4.79 Å². The van der Waals surface area contributed by atoms with Crippen molar-refractivity contribution in [2.24, 2.45) is 5.92 Å². The third-order valence-electron chi connectivity index (χ3n) is 4.87. The Bertz CT molecular complexity index is 676. The van der Waals surface area contributed by atoms with Crippen LogP contribution < -0.4 is 0 Å². The molecule has 2 heterocycles. The summed E-state index contributed by atoms with van der Waals surface area (Å²) in [6.07, 6.45) is 2.98. The number of fused-ring (bicyclic) bond motifs is 1. The van der Waals surface area contributed by atoms with Crippen molar-refractivity contribution >= 4 is 16.9 Å². The SMILES string of the molecule is CCC(C)C(=O)N1CCCC1c1nc2ccccc2n1CC. The van der Waals surface area contributed by atoms with Gasteiger partial charge in [0.15, 0.2) is 0 Å². The number of aryl methyl sites for hydroxylation is 1. The Morgan fingerprint density at radius 1 is 1.36 bits per heavy atom. The number of para-hydroxylation sites is 2. The summed E-state index contributed by atoms with van der Waals surface area (Å²) in [6.45, 7) is 8.00. The normalized spacial score (nSPS) is 19.8. The molecule has 1 aromatic carbocycles. The lowest BCUT2D eigenvalue weighted by atomic mass is 10.1. The number of rotatable bonds is 4. The number of nitrogens with zero attached hydrogens (tertiary/aromatic N) is 3. The van der Waals surface area contributed by atoms with E-state index in [2.05, 4.69) is 41.5 Å². The number of aromatic nitrogens is 2. The summed E-state index contributed by atoms with van der Waals surface area (Å²) < 4.78 is 2.27. The Labute approximate surface area is 132 Å². The summed E-state index contributed by atoms with van der Waals surface area (Å²) in [6, 6.07) is 8.38. The number of hydrogen-bond acceptors (Lipinski definition) is 2. The molecule has 1 fully saturated rings. The lowest BCUT2D eigenvalue weighted by Gasteiger charge is -2.27. The first-order chi connectivity index (χ1) is 10.7. The van der Waals surface area contributed by atoms with Crippen LogP contribution in [0.1, 0.15) is 51.9 Å². The molecule has 0 aliphatic carbocycles. The molecule has 1 aliphatic heterocycles. The van der Waals surface area contributed by atoms with Crippen LogP contribution >= 0.6 is 0 Å². The predicted octanol–water partition coefficient (Wildman–Crippen LogP) is 3.77. The van der Waals surface area contributed by atoms with Gasteiger partial charge >= 0.3 is 0 Å². The molecule has 1 saturated heterocycles. The van der Waals surface area contributed by atoms with Crippen LogP contribution in [0, 0.1) is 5.92 Å². The van der Waals surface area contributed by atoms with Crippen molar-refractivity contribution in [3.05, 3.63) is 30.1 Å². The third kappa shape index (κ3) is 2.40. The molecule has 2 atom stereocenters. The van der Waals surface area contributed by atoms with Gasteiger partial charge in [0, 0.05) is 19.0 Å². The molecule has 0 bridgehead atoms. The summed E-state index contributed by atoms with van der Waals surface area (Å²) in [5, 5.41) is 0. The van der Waals surface area contributed by atoms with Gasteiger partial charge in [-0.15, -0.1) is 0 Å². The number of likely N-dealkylation sites (tertiary alicyclic amines) is 1. The first kappa shape index (κ1) is 15.1. The Morgan fingerprint density at radius 3 is 2.86 bits per heavy atom. The van der Waals surface area contributed by atoms with E-state index in [0.717, 1.165) is 43.7 Å². The van der Waals surface area contributed by atoms with Gasteiger partial charge < -0.3 is 9.47 Å². The number of amides is 1. The molecular formula is C18H25N3O. The molecule has 3 rings (SSSR count). The van der Waals surface area contributed by atoms with E-state index in [1.54, 1.807) is 0 Å². The van der Waals surface area contributed by atoms with Gasteiger partial charge in [-0.3, -0.25) is 4.79 Å². The molecule has 2 unspecified atom stereocenters. The highest BCUT2D eigenvalue weighted by Crippen LogP contribution is 2.34. The lowest BCUT2D eigenvalue weighted by Crippen LogP contribution is -2.35. The van der Waals surface area contributed by atoms with E-state index in [0.29, 0.717) is 0 Å². The van der Waals surface area contributed by atoms with Gasteiger partial charge in [0.05, 0.1) is 17.1 Å². The number of benzene rings is 1. The largest absolute Gasteiger partial charge is 0.332 e. The van der Waals surface area contributed by atoms with E-state index >= 15 is 0 Å². The van der Waals surface area contributed by atoms with Gasteiger partial charge in [0.1, 0.15) is 5.82 Å². The number of carbonyl (C=O) groups is 1. The predicted molar refractivity (Wildman–Crippen MR) is 88.6 cm³/mol. The third-order valence-corrected chi connectivity index (χ3v) is 4.87. The maximum Gasteiger partial charge on any atom is 0.226 e. The first-order valence-electron chi connectivity index (χ1n) is 8.43. The Hall–Kier alpha value is -1.84. The molecule has 4 nitrogen and oxygen atoms in total. The maximum absolute atomic E-state index is 12.7. The number of imidazole rings is 1. The zero-order valence-corrected chi connectivity index (χ0v) is 13.7. The van der Waals surface area contributed by atoms with Crippen LogP contribution in [0.15, 0.2) is 24.3 Å². The number of carbonyl (C=O) groups excluding carboxylic acids is 1. The van der Waals surface area contributed by atoms with E-state index in [1.165, 1.54) is 5.52 Å². The summed E-state index contributed by atoms with van der Waals surface area (Å²) in [5.41, 5.74) is 2.20. The molecule has 0 saturated carbocycles.